The quantitative estimate of drug-likeness (QED) is 0.520. The van der Waals surface area contributed by atoms with E-state index < -0.39 is 6.10 Å². The molecule has 0 aliphatic carbocycles. The monoisotopic (exact) mass is 484 g/mol. The molecule has 3 aromatic heterocycles. The van der Waals surface area contributed by atoms with Crippen LogP contribution in [0.15, 0.2) is 46.2 Å². The minimum Gasteiger partial charge on any atom is -0.490 e. The third-order valence-corrected chi connectivity index (χ3v) is 7.19. The fourth-order valence-corrected chi connectivity index (χ4v) is 5.17. The van der Waals surface area contributed by atoms with Crippen LogP contribution in [0.3, 0.4) is 0 Å². The summed E-state index contributed by atoms with van der Waals surface area (Å²) in [6, 6.07) is 9.06. The number of aliphatic hydroxyl groups is 1. The lowest BCUT2D eigenvalue weighted by atomic mass is 10.0. The van der Waals surface area contributed by atoms with E-state index in [1.165, 1.54) is 17.7 Å². The van der Waals surface area contributed by atoms with Gasteiger partial charge in [0.15, 0.2) is 5.75 Å². The molecule has 9 nitrogen and oxygen atoms in total. The Kier molecular flexibility index (Phi) is 7.00. The number of nitrogens with zero attached hydrogens (tertiary/aromatic N) is 3. The molecule has 0 spiro atoms. The van der Waals surface area contributed by atoms with Crippen molar-refractivity contribution in [1.29, 1.82) is 0 Å². The number of pyridine rings is 3. The van der Waals surface area contributed by atoms with Crippen LogP contribution in [0, 0.1) is 0 Å². The van der Waals surface area contributed by atoms with Crippen LogP contribution in [0.4, 0.5) is 0 Å². The molecule has 0 amide bonds. The van der Waals surface area contributed by atoms with Gasteiger partial charge in [0, 0.05) is 35.9 Å². The smallest absolute Gasteiger partial charge is 0.252 e. The van der Waals surface area contributed by atoms with Gasteiger partial charge in [0.2, 0.25) is 5.88 Å². The molecular formula is C24H28N4O5S. The van der Waals surface area contributed by atoms with Crippen molar-refractivity contribution in [3.8, 4) is 11.6 Å². The van der Waals surface area contributed by atoms with Gasteiger partial charge in [-0.05, 0) is 31.0 Å². The number of fused-ring (bicyclic) bond motifs is 2. The van der Waals surface area contributed by atoms with Crippen LogP contribution in [0.5, 0.6) is 11.6 Å². The number of aliphatic hydroxyl groups excluding tert-OH is 1. The fraction of sp³-hybridized carbons (Fsp3) is 0.458. The molecule has 1 fully saturated rings. The molecule has 34 heavy (non-hydrogen) atoms. The molecule has 3 atom stereocenters. The van der Waals surface area contributed by atoms with Crippen LogP contribution in [-0.4, -0.2) is 64.0 Å². The molecule has 10 heteroatoms. The molecule has 3 aromatic rings. The molecule has 0 radical (unpaired) electrons. The Morgan fingerprint density at radius 2 is 2.21 bits per heavy atom. The Bertz CT molecular complexity index is 1210. The summed E-state index contributed by atoms with van der Waals surface area (Å²) in [5, 5.41) is 15.2. The van der Waals surface area contributed by atoms with Gasteiger partial charge in [-0.25, -0.2) is 0 Å². The molecule has 2 aliphatic heterocycles. The van der Waals surface area contributed by atoms with E-state index in [0.717, 1.165) is 40.5 Å². The molecule has 0 aromatic carbocycles. The fourth-order valence-electron chi connectivity index (χ4n) is 4.31. The molecule has 180 valence electrons. The lowest BCUT2D eigenvalue weighted by molar-refractivity contribution is -0.0771. The second-order valence-corrected chi connectivity index (χ2v) is 9.60. The molecule has 5 rings (SSSR count). The molecule has 1 saturated heterocycles. The highest BCUT2D eigenvalue weighted by atomic mass is 32.2. The van der Waals surface area contributed by atoms with Crippen LogP contribution in [-0.2, 0) is 17.8 Å². The second-order valence-electron chi connectivity index (χ2n) is 8.46. The van der Waals surface area contributed by atoms with Crippen molar-refractivity contribution in [2.45, 2.75) is 49.1 Å². The van der Waals surface area contributed by atoms with Crippen LogP contribution >= 0.6 is 11.8 Å². The highest BCUT2D eigenvalue weighted by Crippen LogP contribution is 2.32. The Labute approximate surface area is 201 Å². The van der Waals surface area contributed by atoms with Crippen molar-refractivity contribution in [2.24, 2.45) is 0 Å². The minimum atomic E-state index is -0.823. The van der Waals surface area contributed by atoms with E-state index in [9.17, 15) is 9.90 Å². The SMILES string of the molecule is COc1ccc2ccc(=O)n(C[C@H](O)[C@@H]3CC[C@@H](NCc4cc5c(cn4)OCCS5)CO3)c2n1. The topological polar surface area (TPSA) is 108 Å². The number of thioether (sulfide) groups is 1. The predicted molar refractivity (Wildman–Crippen MR) is 129 cm³/mol. The number of nitrogens with one attached hydrogen (secondary N) is 1. The molecule has 0 bridgehead atoms. The third-order valence-electron chi connectivity index (χ3n) is 6.18. The standard InChI is InChI=1S/C24H28N4O5S/c1-31-22-6-2-15-3-7-23(30)28(24(15)27-22)13-18(29)19-5-4-16(14-33-19)25-11-17-10-21-20(12-26-17)32-8-9-34-21/h2-3,6-7,10,12,16,18-19,25,29H,4-5,8-9,11,13-14H2,1H3/t16-,18+,19+/m1/s1. The first-order chi connectivity index (χ1) is 16.6. The van der Waals surface area contributed by atoms with Crippen molar-refractivity contribution in [3.05, 3.63) is 52.6 Å². The van der Waals surface area contributed by atoms with E-state index in [2.05, 4.69) is 21.4 Å². The van der Waals surface area contributed by atoms with Crippen molar-refractivity contribution >= 4 is 22.8 Å². The highest BCUT2D eigenvalue weighted by Gasteiger charge is 2.28. The van der Waals surface area contributed by atoms with E-state index in [0.29, 0.717) is 31.1 Å². The maximum atomic E-state index is 12.5. The third kappa shape index (κ3) is 5.05. The zero-order valence-electron chi connectivity index (χ0n) is 19.0. The van der Waals surface area contributed by atoms with E-state index in [1.807, 2.05) is 6.07 Å². The first kappa shape index (κ1) is 23.1. The summed E-state index contributed by atoms with van der Waals surface area (Å²) in [7, 11) is 1.53. The predicted octanol–water partition coefficient (Wildman–Crippen LogP) is 1.98. The van der Waals surface area contributed by atoms with Crippen molar-refractivity contribution < 1.29 is 19.3 Å². The summed E-state index contributed by atoms with van der Waals surface area (Å²) >= 11 is 1.79. The summed E-state index contributed by atoms with van der Waals surface area (Å²) in [6.45, 7) is 1.97. The Hall–Kier alpha value is -2.66. The van der Waals surface area contributed by atoms with Crippen LogP contribution < -0.4 is 20.3 Å². The molecule has 0 unspecified atom stereocenters. The average Bonchev–Trinajstić information content (AvgIpc) is 2.89. The minimum absolute atomic E-state index is 0.109. The molecular weight excluding hydrogens is 456 g/mol. The number of methoxy groups -OCH3 is 1. The van der Waals surface area contributed by atoms with E-state index in [-0.39, 0.29) is 24.2 Å². The zero-order chi connectivity index (χ0) is 23.5. The summed E-state index contributed by atoms with van der Waals surface area (Å²) < 4.78 is 18.3. The first-order valence-electron chi connectivity index (χ1n) is 11.4. The van der Waals surface area contributed by atoms with Gasteiger partial charge in [-0.2, -0.15) is 4.98 Å². The van der Waals surface area contributed by atoms with Crippen molar-refractivity contribution in [1.82, 2.24) is 19.9 Å². The largest absolute Gasteiger partial charge is 0.490 e. The Morgan fingerprint density at radius 1 is 1.32 bits per heavy atom. The van der Waals surface area contributed by atoms with Gasteiger partial charge in [-0.3, -0.25) is 14.3 Å². The number of ether oxygens (including phenoxy) is 3. The van der Waals surface area contributed by atoms with Gasteiger partial charge >= 0.3 is 0 Å². The molecule has 2 N–H and O–H groups in total. The average molecular weight is 485 g/mol. The van der Waals surface area contributed by atoms with Gasteiger partial charge in [0.1, 0.15) is 5.65 Å². The lowest BCUT2D eigenvalue weighted by Crippen LogP contribution is -2.45. The highest BCUT2D eigenvalue weighted by molar-refractivity contribution is 7.99. The van der Waals surface area contributed by atoms with Crippen LogP contribution in [0.2, 0.25) is 0 Å². The van der Waals surface area contributed by atoms with Gasteiger partial charge < -0.3 is 24.6 Å². The summed E-state index contributed by atoms with van der Waals surface area (Å²) in [5.74, 6) is 2.24. The second kappa shape index (κ2) is 10.3. The normalized spacial score (nSPS) is 21.0. The van der Waals surface area contributed by atoms with Gasteiger partial charge in [0.05, 0.1) is 55.9 Å². The first-order valence-corrected chi connectivity index (χ1v) is 12.4. The van der Waals surface area contributed by atoms with Gasteiger partial charge in [-0.15, -0.1) is 11.8 Å². The number of aromatic nitrogens is 3. The van der Waals surface area contributed by atoms with Crippen LogP contribution in [0.25, 0.3) is 11.0 Å². The lowest BCUT2D eigenvalue weighted by Gasteiger charge is -2.32. The van der Waals surface area contributed by atoms with E-state index >= 15 is 0 Å². The Balaban J connectivity index is 1.17. The Morgan fingerprint density at radius 3 is 3.03 bits per heavy atom. The van der Waals surface area contributed by atoms with Crippen molar-refractivity contribution in [2.75, 3.05) is 26.1 Å². The number of hydrogen-bond acceptors (Lipinski definition) is 9. The molecule has 0 saturated carbocycles. The van der Waals surface area contributed by atoms with Gasteiger partial charge in [-0.1, -0.05) is 0 Å². The van der Waals surface area contributed by atoms with Crippen molar-refractivity contribution in [3.63, 3.8) is 0 Å². The number of rotatable bonds is 7. The molecule has 5 heterocycles. The van der Waals surface area contributed by atoms with E-state index in [1.54, 1.807) is 30.1 Å². The van der Waals surface area contributed by atoms with Gasteiger partial charge in [0.25, 0.3) is 5.56 Å². The summed E-state index contributed by atoms with van der Waals surface area (Å²) in [6.07, 6.45) is 2.18. The number of hydrogen-bond donors (Lipinski definition) is 2. The maximum Gasteiger partial charge on any atom is 0.252 e. The van der Waals surface area contributed by atoms with Crippen LogP contribution in [0.1, 0.15) is 18.5 Å². The zero-order valence-corrected chi connectivity index (χ0v) is 19.8. The summed E-state index contributed by atoms with van der Waals surface area (Å²) in [4.78, 5) is 22.5. The molecule has 2 aliphatic rings. The summed E-state index contributed by atoms with van der Waals surface area (Å²) in [5.41, 5.74) is 1.24. The maximum absolute atomic E-state index is 12.5. The van der Waals surface area contributed by atoms with E-state index in [4.69, 9.17) is 14.2 Å².